The molecule has 2 aromatic rings. The summed E-state index contributed by atoms with van der Waals surface area (Å²) in [4.78, 5) is 52.6. The van der Waals surface area contributed by atoms with Crippen LogP contribution in [0.1, 0.15) is 30.1 Å². The maximum Gasteiger partial charge on any atom is 0.270 e. The van der Waals surface area contributed by atoms with Gasteiger partial charge in [-0.25, -0.2) is 4.90 Å². The predicted octanol–water partition coefficient (Wildman–Crippen LogP) is 3.37. The van der Waals surface area contributed by atoms with Crippen LogP contribution in [0.2, 0.25) is 0 Å². The van der Waals surface area contributed by atoms with Gasteiger partial charge in [-0.3, -0.25) is 29.5 Å². The molecule has 0 N–H and O–H groups in total. The fourth-order valence-electron chi connectivity index (χ4n) is 5.06. The van der Waals surface area contributed by atoms with Crippen LogP contribution in [0, 0.1) is 22.0 Å². The number of hydrogen-bond donors (Lipinski definition) is 0. The topological polar surface area (TPSA) is 122 Å². The summed E-state index contributed by atoms with van der Waals surface area (Å²) in [7, 11) is 0. The zero-order chi connectivity index (χ0) is 25.4. The Labute approximate surface area is 207 Å². The van der Waals surface area contributed by atoms with Crippen LogP contribution in [0.4, 0.5) is 11.4 Å². The zero-order valence-electron chi connectivity index (χ0n) is 19.5. The number of anilines is 1. The summed E-state index contributed by atoms with van der Waals surface area (Å²) in [6.07, 6.45) is 6.86. The number of nitro groups is 1. The number of allylic oxidation sites excluding steroid dienone is 1. The quantitative estimate of drug-likeness (QED) is 0.184. The zero-order valence-corrected chi connectivity index (χ0v) is 19.5. The monoisotopic (exact) mass is 488 g/mol. The molecule has 184 valence electrons. The lowest BCUT2D eigenvalue weighted by Gasteiger charge is -2.30. The van der Waals surface area contributed by atoms with E-state index in [2.05, 4.69) is 12.0 Å². The lowest BCUT2D eigenvalue weighted by atomic mass is 9.86. The van der Waals surface area contributed by atoms with E-state index in [0.29, 0.717) is 18.0 Å². The molecule has 2 aromatic carbocycles. The van der Waals surface area contributed by atoms with E-state index in [1.807, 2.05) is 0 Å². The van der Waals surface area contributed by atoms with E-state index in [1.165, 1.54) is 35.5 Å². The summed E-state index contributed by atoms with van der Waals surface area (Å²) in [6, 6.07) is 10.5. The first-order valence-corrected chi connectivity index (χ1v) is 11.8. The highest BCUT2D eigenvalue weighted by atomic mass is 16.6. The van der Waals surface area contributed by atoms with Crippen LogP contribution in [-0.2, 0) is 9.59 Å². The molecule has 10 nitrogen and oxygen atoms in total. The number of fused-ring (bicyclic) bond motifs is 3. The van der Waals surface area contributed by atoms with Crippen molar-refractivity contribution in [3.8, 4) is 5.75 Å². The van der Waals surface area contributed by atoms with Gasteiger partial charge in [0.25, 0.3) is 5.69 Å². The lowest BCUT2D eigenvalue weighted by Crippen LogP contribution is -2.46. The third kappa shape index (κ3) is 3.84. The van der Waals surface area contributed by atoms with Gasteiger partial charge in [-0.15, -0.1) is 0 Å². The number of amides is 2. The average Bonchev–Trinajstić information content (AvgIpc) is 3.36. The molecule has 3 aliphatic heterocycles. The number of unbranched alkanes of at least 4 members (excludes halogenated alkanes) is 1. The number of hydrogen-bond acceptors (Lipinski definition) is 8. The SMILES string of the molecule is CCCCOc1ccc(N2C(=O)C3C(C2=O)C(C(=O)c2cccc([N+](=O)[O-])c2)N2N=CC=CC32)cc1. The molecular weight excluding hydrogens is 464 g/mol. The van der Waals surface area contributed by atoms with Gasteiger partial charge < -0.3 is 4.74 Å². The number of ether oxygens (including phenoxy) is 1. The number of carbonyl (C=O) groups excluding carboxylic acids is 3. The van der Waals surface area contributed by atoms with E-state index >= 15 is 0 Å². The van der Waals surface area contributed by atoms with E-state index in [1.54, 1.807) is 36.4 Å². The van der Waals surface area contributed by atoms with Crippen molar-refractivity contribution in [2.75, 3.05) is 11.5 Å². The van der Waals surface area contributed by atoms with Gasteiger partial charge in [0.2, 0.25) is 11.8 Å². The molecule has 0 saturated carbocycles. The first-order valence-electron chi connectivity index (χ1n) is 11.8. The first kappa shape index (κ1) is 23.4. The van der Waals surface area contributed by atoms with Crippen molar-refractivity contribution < 1.29 is 24.0 Å². The minimum absolute atomic E-state index is 0.0885. The van der Waals surface area contributed by atoms with Crippen molar-refractivity contribution in [2.24, 2.45) is 16.9 Å². The van der Waals surface area contributed by atoms with E-state index in [4.69, 9.17) is 4.74 Å². The van der Waals surface area contributed by atoms with Crippen LogP contribution in [0.15, 0.2) is 65.8 Å². The van der Waals surface area contributed by atoms with Gasteiger partial charge in [0.05, 0.1) is 35.1 Å². The van der Waals surface area contributed by atoms with Crippen LogP contribution < -0.4 is 9.64 Å². The second-order valence-corrected chi connectivity index (χ2v) is 8.90. The molecule has 0 bridgehead atoms. The molecular formula is C26H24N4O6. The number of Topliss-reactive ketones (excluding diaryl/α,β-unsaturated/α-hetero) is 1. The molecule has 4 unspecified atom stereocenters. The molecule has 3 heterocycles. The molecule has 0 spiro atoms. The number of carbonyl (C=O) groups is 3. The lowest BCUT2D eigenvalue weighted by molar-refractivity contribution is -0.384. The highest BCUT2D eigenvalue weighted by molar-refractivity contribution is 6.24. The molecule has 5 rings (SSSR count). The van der Waals surface area contributed by atoms with Gasteiger partial charge >= 0.3 is 0 Å². The fourth-order valence-corrected chi connectivity index (χ4v) is 5.06. The summed E-state index contributed by atoms with van der Waals surface area (Å²) >= 11 is 0. The van der Waals surface area contributed by atoms with Gasteiger partial charge in [-0.05, 0) is 36.8 Å². The average molecular weight is 489 g/mol. The Morgan fingerprint density at radius 3 is 2.58 bits per heavy atom. The number of rotatable bonds is 8. The molecule has 10 heteroatoms. The summed E-state index contributed by atoms with van der Waals surface area (Å²) in [5.41, 5.74) is 0.259. The summed E-state index contributed by atoms with van der Waals surface area (Å²) < 4.78 is 5.67. The van der Waals surface area contributed by atoms with Crippen molar-refractivity contribution in [3.05, 3.63) is 76.4 Å². The molecule has 0 radical (unpaired) electrons. The fraction of sp³-hybridized carbons (Fsp3) is 0.308. The highest BCUT2D eigenvalue weighted by Crippen LogP contribution is 2.46. The highest BCUT2D eigenvalue weighted by Gasteiger charge is 2.64. The second-order valence-electron chi connectivity index (χ2n) is 8.90. The standard InChI is InChI=1S/C26H24N4O6/c1-2-3-14-36-19-11-9-17(10-12-19)28-25(32)21-20-8-5-13-27-29(20)23(22(21)26(28)33)24(31)16-6-4-7-18(15-16)30(34)35/h4-13,15,20-23H,2-3,14H2,1H3. The number of imide groups is 1. The van der Waals surface area contributed by atoms with Crippen LogP contribution in [0.3, 0.4) is 0 Å². The second kappa shape index (κ2) is 9.37. The third-order valence-corrected chi connectivity index (χ3v) is 6.76. The molecule has 2 saturated heterocycles. The van der Waals surface area contributed by atoms with E-state index < -0.39 is 46.4 Å². The molecule has 36 heavy (non-hydrogen) atoms. The van der Waals surface area contributed by atoms with Crippen molar-refractivity contribution in [1.82, 2.24) is 5.01 Å². The largest absolute Gasteiger partial charge is 0.494 e. The number of nitrogens with zero attached hydrogens (tertiary/aromatic N) is 4. The van der Waals surface area contributed by atoms with Gasteiger partial charge in [-0.1, -0.05) is 31.6 Å². The van der Waals surface area contributed by atoms with Crippen LogP contribution in [-0.4, -0.2) is 52.4 Å². The number of nitro benzene ring substituents is 1. The maximum absolute atomic E-state index is 13.7. The van der Waals surface area contributed by atoms with E-state index in [-0.39, 0.29) is 11.3 Å². The van der Waals surface area contributed by atoms with Crippen LogP contribution in [0.5, 0.6) is 5.75 Å². The minimum Gasteiger partial charge on any atom is -0.494 e. The molecule has 0 aromatic heterocycles. The van der Waals surface area contributed by atoms with Gasteiger partial charge in [0.15, 0.2) is 5.78 Å². The summed E-state index contributed by atoms with van der Waals surface area (Å²) in [5, 5.41) is 17.0. The third-order valence-electron chi connectivity index (χ3n) is 6.76. The van der Waals surface area contributed by atoms with E-state index in [9.17, 15) is 24.5 Å². The normalized spacial score (nSPS) is 24.1. The van der Waals surface area contributed by atoms with Crippen molar-refractivity contribution in [2.45, 2.75) is 31.8 Å². The predicted molar refractivity (Wildman–Crippen MR) is 131 cm³/mol. The van der Waals surface area contributed by atoms with Crippen LogP contribution in [0.25, 0.3) is 0 Å². The molecule has 2 amide bonds. The van der Waals surface area contributed by atoms with Gasteiger partial charge in [0.1, 0.15) is 11.8 Å². The maximum atomic E-state index is 13.7. The Bertz CT molecular complexity index is 1290. The number of ketones is 1. The van der Waals surface area contributed by atoms with Crippen molar-refractivity contribution in [1.29, 1.82) is 0 Å². The Hall–Kier alpha value is -4.34. The smallest absolute Gasteiger partial charge is 0.270 e. The first-order chi connectivity index (χ1) is 17.4. The number of non-ortho nitro benzene ring substituents is 1. The molecule has 3 aliphatic rings. The summed E-state index contributed by atoms with van der Waals surface area (Å²) in [6.45, 7) is 2.65. The Morgan fingerprint density at radius 2 is 1.86 bits per heavy atom. The molecule has 4 atom stereocenters. The molecule has 2 fully saturated rings. The molecule has 0 aliphatic carbocycles. The van der Waals surface area contributed by atoms with Crippen molar-refractivity contribution in [3.63, 3.8) is 0 Å². The minimum atomic E-state index is -1.07. The van der Waals surface area contributed by atoms with Gasteiger partial charge in [0, 0.05) is 23.9 Å². The van der Waals surface area contributed by atoms with Crippen molar-refractivity contribution >= 4 is 35.2 Å². The van der Waals surface area contributed by atoms with E-state index in [0.717, 1.165) is 17.7 Å². The number of benzene rings is 2. The Kier molecular flexibility index (Phi) is 6.09. The van der Waals surface area contributed by atoms with Crippen LogP contribution >= 0.6 is 0 Å². The van der Waals surface area contributed by atoms with Gasteiger partial charge in [-0.2, -0.15) is 5.10 Å². The Balaban J connectivity index is 1.47. The Morgan fingerprint density at radius 1 is 1.11 bits per heavy atom. The summed E-state index contributed by atoms with van der Waals surface area (Å²) in [5.74, 6) is -2.54. The number of hydrazone groups is 1.